The molecule has 2 heterocycles. The van der Waals surface area contributed by atoms with E-state index in [0.717, 1.165) is 5.92 Å². The van der Waals surface area contributed by atoms with Crippen molar-refractivity contribution in [1.29, 1.82) is 0 Å². The van der Waals surface area contributed by atoms with Crippen LogP contribution in [0.25, 0.3) is 0 Å². The standard InChI is InChI=1S/C19H23NO/c1-11-4-6-13-10-15-14-7-5-12(2)18-19(14,8-9-20(15)3)16(13)17(11)21-18/h4-6,14-15,18H,7-10H2,1-3H3/t14?,15-,18+,19+/m1/s1. The number of benzene rings is 1. The van der Waals surface area contributed by atoms with E-state index in [9.17, 15) is 0 Å². The molecular weight excluding hydrogens is 258 g/mol. The minimum absolute atomic E-state index is 0.269. The van der Waals surface area contributed by atoms with Crippen molar-refractivity contribution in [3.8, 4) is 5.75 Å². The van der Waals surface area contributed by atoms with Gasteiger partial charge in [0, 0.05) is 17.0 Å². The molecule has 0 saturated carbocycles. The maximum absolute atomic E-state index is 6.57. The van der Waals surface area contributed by atoms with Gasteiger partial charge in [0.2, 0.25) is 0 Å². The third kappa shape index (κ3) is 1.25. The summed E-state index contributed by atoms with van der Waals surface area (Å²) >= 11 is 0. The summed E-state index contributed by atoms with van der Waals surface area (Å²) in [5, 5.41) is 0. The van der Waals surface area contributed by atoms with Crippen LogP contribution in [-0.4, -0.2) is 30.6 Å². The lowest BCUT2D eigenvalue weighted by molar-refractivity contribution is -0.00805. The Bertz CT molecular complexity index is 676. The second kappa shape index (κ2) is 3.73. The SMILES string of the molecule is CC1=CCC2[C@H]3Cc4ccc(C)c5c4[C@@]2(CCN3C)[C@H]1O5. The zero-order valence-electron chi connectivity index (χ0n) is 13.1. The molecule has 4 aliphatic rings. The van der Waals surface area contributed by atoms with E-state index >= 15 is 0 Å². The van der Waals surface area contributed by atoms with Crippen LogP contribution in [0.1, 0.15) is 36.5 Å². The lowest BCUT2D eigenvalue weighted by Gasteiger charge is -2.57. The van der Waals surface area contributed by atoms with Crippen LogP contribution in [0.4, 0.5) is 0 Å². The van der Waals surface area contributed by atoms with Crippen LogP contribution in [0.5, 0.6) is 5.75 Å². The fourth-order valence-electron chi connectivity index (χ4n) is 5.72. The molecule has 4 atom stereocenters. The molecule has 21 heavy (non-hydrogen) atoms. The Kier molecular flexibility index (Phi) is 2.18. The molecule has 2 nitrogen and oxygen atoms in total. The number of likely N-dealkylation sites (tertiary alicyclic amines) is 1. The molecule has 5 rings (SSSR count). The van der Waals surface area contributed by atoms with E-state index in [1.807, 2.05) is 0 Å². The number of allylic oxidation sites excluding steroid dienone is 1. The van der Waals surface area contributed by atoms with Gasteiger partial charge in [-0.1, -0.05) is 18.2 Å². The van der Waals surface area contributed by atoms with Gasteiger partial charge in [-0.15, -0.1) is 0 Å². The summed E-state index contributed by atoms with van der Waals surface area (Å²) in [7, 11) is 2.31. The predicted octanol–water partition coefficient (Wildman–Crippen LogP) is 3.22. The van der Waals surface area contributed by atoms with E-state index < -0.39 is 0 Å². The summed E-state index contributed by atoms with van der Waals surface area (Å²) < 4.78 is 6.57. The molecule has 0 N–H and O–H groups in total. The maximum Gasteiger partial charge on any atom is 0.130 e. The van der Waals surface area contributed by atoms with Crippen molar-refractivity contribution in [3.05, 3.63) is 40.5 Å². The van der Waals surface area contributed by atoms with E-state index in [-0.39, 0.29) is 5.41 Å². The molecule has 2 bridgehead atoms. The molecule has 2 aliphatic heterocycles. The number of piperidine rings is 1. The van der Waals surface area contributed by atoms with Crippen molar-refractivity contribution < 1.29 is 4.74 Å². The quantitative estimate of drug-likeness (QED) is 0.677. The molecule has 1 saturated heterocycles. The Morgan fingerprint density at radius 2 is 2.14 bits per heavy atom. The van der Waals surface area contributed by atoms with Gasteiger partial charge in [-0.3, -0.25) is 0 Å². The molecule has 1 unspecified atom stereocenters. The maximum atomic E-state index is 6.57. The van der Waals surface area contributed by atoms with Gasteiger partial charge in [0.05, 0.1) is 0 Å². The van der Waals surface area contributed by atoms with Gasteiger partial charge in [0.15, 0.2) is 0 Å². The van der Waals surface area contributed by atoms with Crippen LogP contribution < -0.4 is 4.74 Å². The molecule has 1 spiro atoms. The Morgan fingerprint density at radius 1 is 1.29 bits per heavy atom. The first-order chi connectivity index (χ1) is 10.1. The molecule has 0 aromatic heterocycles. The van der Waals surface area contributed by atoms with Crippen LogP contribution in [0.15, 0.2) is 23.8 Å². The van der Waals surface area contributed by atoms with Crippen molar-refractivity contribution in [2.75, 3.05) is 13.6 Å². The van der Waals surface area contributed by atoms with Crippen LogP contribution in [0, 0.1) is 12.8 Å². The zero-order valence-corrected chi connectivity index (χ0v) is 13.1. The largest absolute Gasteiger partial charge is 0.485 e. The molecule has 1 aromatic rings. The van der Waals surface area contributed by atoms with Crippen LogP contribution in [0.2, 0.25) is 0 Å². The smallest absolute Gasteiger partial charge is 0.130 e. The fourth-order valence-corrected chi connectivity index (χ4v) is 5.72. The highest BCUT2D eigenvalue weighted by Crippen LogP contribution is 2.62. The highest BCUT2D eigenvalue weighted by molar-refractivity contribution is 5.59. The Labute approximate surface area is 126 Å². The monoisotopic (exact) mass is 281 g/mol. The Hall–Kier alpha value is -1.28. The number of likely N-dealkylation sites (N-methyl/N-ethyl adjacent to an activating group) is 1. The van der Waals surface area contributed by atoms with Crippen molar-refractivity contribution in [3.63, 3.8) is 0 Å². The lowest BCUT2D eigenvalue weighted by Crippen LogP contribution is -2.63. The summed E-state index contributed by atoms with van der Waals surface area (Å²) in [4.78, 5) is 2.60. The molecule has 110 valence electrons. The molecular formula is C19H23NO. The second-order valence-corrected chi connectivity index (χ2v) is 7.58. The van der Waals surface area contributed by atoms with Crippen LogP contribution in [-0.2, 0) is 11.8 Å². The third-order valence-electron chi connectivity index (χ3n) is 6.72. The topological polar surface area (TPSA) is 12.5 Å². The van der Waals surface area contributed by atoms with Crippen molar-refractivity contribution in [2.24, 2.45) is 5.92 Å². The van der Waals surface area contributed by atoms with Gasteiger partial charge in [0.25, 0.3) is 0 Å². The molecule has 2 aliphatic carbocycles. The molecule has 0 radical (unpaired) electrons. The molecule has 0 amide bonds. The van der Waals surface area contributed by atoms with Crippen molar-refractivity contribution >= 4 is 0 Å². The third-order valence-corrected chi connectivity index (χ3v) is 6.72. The number of hydrogen-bond donors (Lipinski definition) is 0. The Morgan fingerprint density at radius 3 is 3.00 bits per heavy atom. The predicted molar refractivity (Wildman–Crippen MR) is 83.9 cm³/mol. The van der Waals surface area contributed by atoms with Crippen molar-refractivity contribution in [2.45, 2.75) is 50.7 Å². The van der Waals surface area contributed by atoms with Crippen molar-refractivity contribution in [1.82, 2.24) is 4.90 Å². The summed E-state index contributed by atoms with van der Waals surface area (Å²) in [5.41, 5.74) is 6.19. The van der Waals surface area contributed by atoms with Crippen LogP contribution in [0.3, 0.4) is 0 Å². The van der Waals surface area contributed by atoms with E-state index in [1.54, 1.807) is 11.1 Å². The summed E-state index contributed by atoms with van der Waals surface area (Å²) in [6.07, 6.45) is 6.43. The first-order valence-corrected chi connectivity index (χ1v) is 8.29. The summed E-state index contributed by atoms with van der Waals surface area (Å²) in [5.74, 6) is 1.96. The number of rotatable bonds is 0. The summed E-state index contributed by atoms with van der Waals surface area (Å²) in [6.45, 7) is 5.69. The average molecular weight is 281 g/mol. The fraction of sp³-hybridized carbons (Fsp3) is 0.579. The lowest BCUT2D eigenvalue weighted by atomic mass is 9.52. The highest BCUT2D eigenvalue weighted by atomic mass is 16.5. The number of nitrogens with zero attached hydrogens (tertiary/aromatic N) is 1. The zero-order chi connectivity index (χ0) is 14.4. The molecule has 1 aromatic carbocycles. The van der Waals surface area contributed by atoms with Gasteiger partial charge in [-0.2, -0.15) is 0 Å². The minimum atomic E-state index is 0.269. The van der Waals surface area contributed by atoms with Gasteiger partial charge in [-0.25, -0.2) is 0 Å². The average Bonchev–Trinajstić information content (AvgIpc) is 2.83. The van der Waals surface area contributed by atoms with Gasteiger partial charge < -0.3 is 9.64 Å². The normalized spacial score (nSPS) is 39.6. The van der Waals surface area contributed by atoms with E-state index in [4.69, 9.17) is 4.74 Å². The first-order valence-electron chi connectivity index (χ1n) is 8.29. The summed E-state index contributed by atoms with van der Waals surface area (Å²) in [6, 6.07) is 5.32. The first kappa shape index (κ1) is 12.3. The van der Waals surface area contributed by atoms with Gasteiger partial charge in [0.1, 0.15) is 11.9 Å². The van der Waals surface area contributed by atoms with Crippen LogP contribution >= 0.6 is 0 Å². The number of aryl methyl sites for hydroxylation is 1. The molecule has 2 heteroatoms. The highest BCUT2D eigenvalue weighted by Gasteiger charge is 2.62. The Balaban J connectivity index is 1.85. The van der Waals surface area contributed by atoms with E-state index in [1.165, 1.54) is 42.7 Å². The number of hydrogen-bond acceptors (Lipinski definition) is 2. The van der Waals surface area contributed by atoms with E-state index in [0.29, 0.717) is 12.1 Å². The number of ether oxygens (including phenoxy) is 1. The van der Waals surface area contributed by atoms with E-state index in [2.05, 4.69) is 44.0 Å². The molecule has 1 fully saturated rings. The second-order valence-electron chi connectivity index (χ2n) is 7.58. The minimum Gasteiger partial charge on any atom is -0.485 e. The van der Waals surface area contributed by atoms with Gasteiger partial charge >= 0.3 is 0 Å². The van der Waals surface area contributed by atoms with Gasteiger partial charge in [-0.05, 0) is 69.3 Å².